The number of para-hydroxylation sites is 1. The van der Waals surface area contributed by atoms with E-state index in [4.69, 9.17) is 11.6 Å². The fourth-order valence-corrected chi connectivity index (χ4v) is 3.14. The van der Waals surface area contributed by atoms with Crippen LogP contribution in [0.3, 0.4) is 0 Å². The van der Waals surface area contributed by atoms with Crippen molar-refractivity contribution >= 4 is 50.7 Å². The summed E-state index contributed by atoms with van der Waals surface area (Å²) in [7, 11) is 0. The maximum absolute atomic E-state index is 12.0. The summed E-state index contributed by atoms with van der Waals surface area (Å²) in [6, 6.07) is 12.6. The number of fused-ring (bicyclic) bond motifs is 1. The van der Waals surface area contributed by atoms with Crippen molar-refractivity contribution in [3.8, 4) is 0 Å². The Morgan fingerprint density at radius 1 is 1.18 bits per heavy atom. The van der Waals surface area contributed by atoms with Gasteiger partial charge in [-0.2, -0.15) is 0 Å². The highest BCUT2D eigenvalue weighted by atomic mass is 35.5. The number of aromatic nitrogens is 1. The lowest BCUT2D eigenvalue weighted by Gasteiger charge is -2.06. The summed E-state index contributed by atoms with van der Waals surface area (Å²) in [5.74, 6) is -0.612. The van der Waals surface area contributed by atoms with Crippen molar-refractivity contribution in [3.05, 3.63) is 52.5 Å². The van der Waals surface area contributed by atoms with Gasteiger partial charge in [-0.05, 0) is 24.3 Å². The van der Waals surface area contributed by atoms with Crippen LogP contribution in [0, 0.1) is 0 Å². The predicted octanol–water partition coefficient (Wildman–Crippen LogP) is 3.25. The van der Waals surface area contributed by atoms with Crippen LogP contribution in [-0.4, -0.2) is 23.3 Å². The molecule has 2 amide bonds. The van der Waals surface area contributed by atoms with Crippen molar-refractivity contribution in [2.24, 2.45) is 0 Å². The van der Waals surface area contributed by atoms with Gasteiger partial charge in [0, 0.05) is 5.69 Å². The molecule has 0 radical (unpaired) electrons. The number of hydrogen-bond acceptors (Lipinski definition) is 3. The van der Waals surface area contributed by atoms with Crippen LogP contribution >= 0.6 is 22.9 Å². The smallest absolute Gasteiger partial charge is 0.268 e. The molecule has 1 aromatic carbocycles. The van der Waals surface area contributed by atoms with Gasteiger partial charge in [-0.15, -0.1) is 11.3 Å². The molecule has 0 bridgehead atoms. The Bertz CT molecular complexity index is 794. The number of thiophene rings is 1. The highest BCUT2D eigenvalue weighted by molar-refractivity contribution is 7.22. The molecule has 7 heteroatoms. The van der Waals surface area contributed by atoms with E-state index < -0.39 is 0 Å². The molecular weight excluding hydrogens is 322 g/mol. The van der Waals surface area contributed by atoms with E-state index in [0.29, 0.717) is 15.7 Å². The molecule has 3 N–H and O–H groups in total. The Labute approximate surface area is 135 Å². The Morgan fingerprint density at radius 2 is 1.95 bits per heavy atom. The Morgan fingerprint density at radius 3 is 2.68 bits per heavy atom. The minimum absolute atomic E-state index is 0.0961. The summed E-state index contributed by atoms with van der Waals surface area (Å²) in [6.45, 7) is -0.0961. The number of aromatic amines is 1. The number of anilines is 1. The molecule has 0 aliphatic heterocycles. The first-order chi connectivity index (χ1) is 10.6. The summed E-state index contributed by atoms with van der Waals surface area (Å²) in [4.78, 5) is 26.7. The van der Waals surface area contributed by atoms with Crippen LogP contribution in [0.5, 0.6) is 0 Å². The average Bonchev–Trinajstić information content (AvgIpc) is 3.03. The van der Waals surface area contributed by atoms with Crippen LogP contribution in [0.1, 0.15) is 10.5 Å². The SMILES string of the molecule is O=C(CNC(=O)c1cc2sc(Cl)cc2[nH]1)Nc1ccccc1. The average molecular weight is 334 g/mol. The minimum Gasteiger partial charge on any atom is -0.350 e. The third-order valence-corrected chi connectivity index (χ3v) is 4.20. The van der Waals surface area contributed by atoms with Gasteiger partial charge in [0.1, 0.15) is 5.69 Å². The van der Waals surface area contributed by atoms with E-state index in [2.05, 4.69) is 15.6 Å². The lowest BCUT2D eigenvalue weighted by molar-refractivity contribution is -0.115. The molecule has 2 heterocycles. The first-order valence-corrected chi connectivity index (χ1v) is 7.72. The summed E-state index contributed by atoms with van der Waals surface area (Å²) >= 11 is 7.27. The van der Waals surface area contributed by atoms with Crippen LogP contribution < -0.4 is 10.6 Å². The molecule has 5 nitrogen and oxygen atoms in total. The van der Waals surface area contributed by atoms with Gasteiger partial charge in [0.15, 0.2) is 0 Å². The molecule has 3 rings (SSSR count). The molecule has 0 saturated heterocycles. The monoisotopic (exact) mass is 333 g/mol. The Balaban J connectivity index is 1.57. The van der Waals surface area contributed by atoms with Crippen molar-refractivity contribution in [3.63, 3.8) is 0 Å². The second kappa shape index (κ2) is 6.21. The highest BCUT2D eigenvalue weighted by Gasteiger charge is 2.12. The molecule has 2 aromatic heterocycles. The zero-order chi connectivity index (χ0) is 15.5. The van der Waals surface area contributed by atoms with Gasteiger partial charge in [-0.3, -0.25) is 9.59 Å². The number of carbonyl (C=O) groups excluding carboxylic acids is 2. The van der Waals surface area contributed by atoms with E-state index in [1.165, 1.54) is 11.3 Å². The molecule has 0 atom stereocenters. The maximum Gasteiger partial charge on any atom is 0.268 e. The van der Waals surface area contributed by atoms with Crippen molar-refractivity contribution in [1.29, 1.82) is 0 Å². The van der Waals surface area contributed by atoms with Crippen molar-refractivity contribution in [2.45, 2.75) is 0 Å². The van der Waals surface area contributed by atoms with Crippen LogP contribution in [0.25, 0.3) is 10.2 Å². The molecule has 0 aliphatic carbocycles. The number of nitrogens with one attached hydrogen (secondary N) is 3. The topological polar surface area (TPSA) is 74.0 Å². The number of H-pyrrole nitrogens is 1. The van der Waals surface area contributed by atoms with Gasteiger partial charge in [0.2, 0.25) is 5.91 Å². The number of hydrogen-bond donors (Lipinski definition) is 3. The second-order valence-corrected chi connectivity index (χ2v) is 6.32. The van der Waals surface area contributed by atoms with Crippen LogP contribution in [0.15, 0.2) is 42.5 Å². The predicted molar refractivity (Wildman–Crippen MR) is 88.6 cm³/mol. The molecule has 0 spiro atoms. The van der Waals surface area contributed by atoms with Crippen LogP contribution in [0.4, 0.5) is 5.69 Å². The summed E-state index contributed by atoms with van der Waals surface area (Å²) in [5, 5.41) is 5.27. The van der Waals surface area contributed by atoms with Crippen LogP contribution in [0.2, 0.25) is 4.34 Å². The normalized spacial score (nSPS) is 10.6. The molecule has 112 valence electrons. The number of carbonyl (C=O) groups is 2. The van der Waals surface area contributed by atoms with E-state index in [9.17, 15) is 9.59 Å². The van der Waals surface area contributed by atoms with Gasteiger partial charge in [-0.1, -0.05) is 29.8 Å². The second-order valence-electron chi connectivity index (χ2n) is 4.61. The number of amides is 2. The fourth-order valence-electron chi connectivity index (χ4n) is 2.00. The third-order valence-electron chi connectivity index (χ3n) is 2.99. The van der Waals surface area contributed by atoms with Gasteiger partial charge >= 0.3 is 0 Å². The quantitative estimate of drug-likeness (QED) is 0.685. The summed E-state index contributed by atoms with van der Waals surface area (Å²) < 4.78 is 1.57. The fraction of sp³-hybridized carbons (Fsp3) is 0.0667. The van der Waals surface area contributed by atoms with E-state index in [1.54, 1.807) is 24.3 Å². The largest absolute Gasteiger partial charge is 0.350 e. The number of rotatable bonds is 4. The Kier molecular flexibility index (Phi) is 4.13. The zero-order valence-corrected chi connectivity index (χ0v) is 12.9. The van der Waals surface area contributed by atoms with E-state index in [1.807, 2.05) is 18.2 Å². The first kappa shape index (κ1) is 14.6. The summed E-state index contributed by atoms with van der Waals surface area (Å²) in [6.07, 6.45) is 0. The standard InChI is InChI=1S/C15H12ClN3O2S/c16-13-7-10-12(22-13)6-11(19-10)15(21)17-8-14(20)18-9-4-2-1-3-5-9/h1-7,19H,8H2,(H,17,21)(H,18,20). The van der Waals surface area contributed by atoms with Crippen molar-refractivity contribution in [2.75, 3.05) is 11.9 Å². The minimum atomic E-state index is -0.331. The van der Waals surface area contributed by atoms with E-state index in [-0.39, 0.29) is 18.4 Å². The van der Waals surface area contributed by atoms with Gasteiger partial charge < -0.3 is 15.6 Å². The Hall–Kier alpha value is -2.31. The summed E-state index contributed by atoms with van der Waals surface area (Å²) in [5.41, 5.74) is 1.91. The molecule has 0 saturated carbocycles. The number of benzene rings is 1. The van der Waals surface area contributed by atoms with Gasteiger partial charge in [0.05, 0.1) is 21.1 Å². The van der Waals surface area contributed by atoms with E-state index >= 15 is 0 Å². The molecular formula is C15H12ClN3O2S. The maximum atomic E-state index is 12.0. The van der Waals surface area contributed by atoms with Gasteiger partial charge in [0.25, 0.3) is 5.91 Å². The van der Waals surface area contributed by atoms with Crippen molar-refractivity contribution < 1.29 is 9.59 Å². The molecule has 0 unspecified atom stereocenters. The van der Waals surface area contributed by atoms with Crippen molar-refractivity contribution in [1.82, 2.24) is 10.3 Å². The zero-order valence-electron chi connectivity index (χ0n) is 11.4. The van der Waals surface area contributed by atoms with E-state index in [0.717, 1.165) is 10.2 Å². The van der Waals surface area contributed by atoms with Crippen LogP contribution in [-0.2, 0) is 4.79 Å². The lowest BCUT2D eigenvalue weighted by atomic mass is 10.3. The number of halogens is 1. The van der Waals surface area contributed by atoms with Gasteiger partial charge in [-0.25, -0.2) is 0 Å². The molecule has 3 aromatic rings. The highest BCUT2D eigenvalue weighted by Crippen LogP contribution is 2.29. The molecule has 22 heavy (non-hydrogen) atoms. The lowest BCUT2D eigenvalue weighted by Crippen LogP contribution is -2.33. The molecule has 0 fully saturated rings. The molecule has 0 aliphatic rings. The first-order valence-electron chi connectivity index (χ1n) is 6.53. The third kappa shape index (κ3) is 3.29.